The van der Waals surface area contributed by atoms with Crippen LogP contribution < -0.4 is 0 Å². The second-order valence-corrected chi connectivity index (χ2v) is 2.88. The van der Waals surface area contributed by atoms with Gasteiger partial charge in [-0.25, -0.2) is 0 Å². The minimum atomic E-state index is 0.667. The Labute approximate surface area is 64.1 Å². The van der Waals surface area contributed by atoms with E-state index in [2.05, 4.69) is 26.8 Å². The van der Waals surface area contributed by atoms with Crippen LogP contribution in [0.2, 0.25) is 0 Å². The average Bonchev–Trinajstić information content (AvgIpc) is 1.89. The highest BCUT2D eigenvalue weighted by atomic mass is 16.5. The lowest BCUT2D eigenvalue weighted by atomic mass is 9.94. The maximum atomic E-state index is 4.84. The zero-order valence-electron chi connectivity index (χ0n) is 7.42. The molecule has 0 N–H and O–H groups in total. The molecule has 0 amide bonds. The molecule has 0 aliphatic rings. The van der Waals surface area contributed by atoms with Crippen LogP contribution in [-0.2, 0) is 4.74 Å². The normalized spacial score (nSPS) is 14.5. The van der Waals surface area contributed by atoms with Crippen LogP contribution in [0.4, 0.5) is 0 Å². The summed E-state index contributed by atoms with van der Waals surface area (Å²) in [4.78, 5) is 0. The Hall–Kier alpha value is -0.460. The molecule has 0 radical (unpaired) electrons. The van der Waals surface area contributed by atoms with E-state index < -0.39 is 0 Å². The van der Waals surface area contributed by atoms with Gasteiger partial charge < -0.3 is 4.74 Å². The smallest absolute Gasteiger partial charge is 0.0787 e. The number of ether oxygens (including phenoxy) is 1. The second kappa shape index (κ2) is 5.33. The standard InChI is InChI=1S/C9H18O/c1-5-9(8(2)3)6-7-10-4/h6-9H,5H2,1-4H3/b7-6+. The molecule has 0 aromatic heterocycles. The number of rotatable bonds is 4. The zero-order chi connectivity index (χ0) is 7.98. The molecule has 60 valence electrons. The van der Waals surface area contributed by atoms with Crippen molar-refractivity contribution in [2.75, 3.05) is 7.11 Å². The summed E-state index contributed by atoms with van der Waals surface area (Å²) in [7, 11) is 1.68. The fourth-order valence-corrected chi connectivity index (χ4v) is 1.01. The summed E-state index contributed by atoms with van der Waals surface area (Å²) >= 11 is 0. The Bertz CT molecular complexity index is 94.9. The highest BCUT2D eigenvalue weighted by molar-refractivity contribution is 4.83. The van der Waals surface area contributed by atoms with Gasteiger partial charge in [-0.1, -0.05) is 20.8 Å². The molecule has 0 spiro atoms. The molecule has 1 nitrogen and oxygen atoms in total. The van der Waals surface area contributed by atoms with Crippen molar-refractivity contribution < 1.29 is 4.74 Å². The van der Waals surface area contributed by atoms with E-state index in [1.165, 1.54) is 6.42 Å². The van der Waals surface area contributed by atoms with Crippen LogP contribution in [0.5, 0.6) is 0 Å². The Kier molecular flexibility index (Phi) is 5.09. The van der Waals surface area contributed by atoms with E-state index in [1.807, 2.05) is 0 Å². The van der Waals surface area contributed by atoms with Crippen molar-refractivity contribution in [3.63, 3.8) is 0 Å². The number of allylic oxidation sites excluding steroid dienone is 1. The Balaban J connectivity index is 3.71. The van der Waals surface area contributed by atoms with Crippen molar-refractivity contribution in [3.8, 4) is 0 Å². The van der Waals surface area contributed by atoms with Crippen LogP contribution in [0.3, 0.4) is 0 Å². The molecular weight excluding hydrogens is 124 g/mol. The van der Waals surface area contributed by atoms with Gasteiger partial charge in [-0.3, -0.25) is 0 Å². The maximum Gasteiger partial charge on any atom is 0.0787 e. The Morgan fingerprint density at radius 1 is 1.40 bits per heavy atom. The molecule has 0 rings (SSSR count). The first-order chi connectivity index (χ1) is 4.72. The first-order valence-corrected chi connectivity index (χ1v) is 3.91. The van der Waals surface area contributed by atoms with Crippen LogP contribution in [0.15, 0.2) is 12.3 Å². The average molecular weight is 142 g/mol. The molecule has 0 aliphatic heterocycles. The van der Waals surface area contributed by atoms with Crippen molar-refractivity contribution in [2.24, 2.45) is 11.8 Å². The predicted octanol–water partition coefficient (Wildman–Crippen LogP) is 2.83. The SMILES string of the molecule is CCC(/C=C/OC)C(C)C. The second-order valence-electron chi connectivity index (χ2n) is 2.88. The van der Waals surface area contributed by atoms with Crippen molar-refractivity contribution in [3.05, 3.63) is 12.3 Å². The minimum Gasteiger partial charge on any atom is -0.505 e. The van der Waals surface area contributed by atoms with Gasteiger partial charge >= 0.3 is 0 Å². The van der Waals surface area contributed by atoms with Gasteiger partial charge in [0.2, 0.25) is 0 Å². The molecule has 0 aromatic rings. The van der Waals surface area contributed by atoms with Gasteiger partial charge in [-0.15, -0.1) is 0 Å². The molecule has 1 atom stereocenters. The summed E-state index contributed by atoms with van der Waals surface area (Å²) in [5, 5.41) is 0. The molecule has 0 bridgehead atoms. The van der Waals surface area contributed by atoms with Gasteiger partial charge in [-0.2, -0.15) is 0 Å². The molecule has 0 aromatic carbocycles. The largest absolute Gasteiger partial charge is 0.505 e. The Morgan fingerprint density at radius 2 is 2.00 bits per heavy atom. The first-order valence-electron chi connectivity index (χ1n) is 3.91. The predicted molar refractivity (Wildman–Crippen MR) is 44.8 cm³/mol. The first kappa shape index (κ1) is 9.54. The lowest BCUT2D eigenvalue weighted by Crippen LogP contribution is -2.03. The molecule has 0 fully saturated rings. The van der Waals surface area contributed by atoms with E-state index in [4.69, 9.17) is 4.74 Å². The van der Waals surface area contributed by atoms with E-state index in [0.717, 1.165) is 5.92 Å². The van der Waals surface area contributed by atoms with Crippen molar-refractivity contribution >= 4 is 0 Å². The summed E-state index contributed by atoms with van der Waals surface area (Å²) in [6.45, 7) is 6.66. The van der Waals surface area contributed by atoms with Gasteiger partial charge in [0.1, 0.15) is 0 Å². The van der Waals surface area contributed by atoms with Crippen molar-refractivity contribution in [2.45, 2.75) is 27.2 Å². The van der Waals surface area contributed by atoms with Gasteiger partial charge in [-0.05, 0) is 24.3 Å². The molecule has 0 saturated carbocycles. The monoisotopic (exact) mass is 142 g/mol. The van der Waals surface area contributed by atoms with Gasteiger partial charge in [0.05, 0.1) is 13.4 Å². The third-order valence-corrected chi connectivity index (χ3v) is 1.79. The van der Waals surface area contributed by atoms with E-state index in [1.54, 1.807) is 13.4 Å². The van der Waals surface area contributed by atoms with Gasteiger partial charge in [0.25, 0.3) is 0 Å². The molecule has 10 heavy (non-hydrogen) atoms. The van der Waals surface area contributed by atoms with Crippen LogP contribution >= 0.6 is 0 Å². The maximum absolute atomic E-state index is 4.84. The van der Waals surface area contributed by atoms with Crippen LogP contribution in [-0.4, -0.2) is 7.11 Å². The quantitative estimate of drug-likeness (QED) is 0.548. The zero-order valence-corrected chi connectivity index (χ0v) is 7.42. The molecule has 0 saturated heterocycles. The molecular formula is C9H18O. The summed E-state index contributed by atoms with van der Waals surface area (Å²) in [5.74, 6) is 1.39. The fourth-order valence-electron chi connectivity index (χ4n) is 1.01. The van der Waals surface area contributed by atoms with Gasteiger partial charge in [0.15, 0.2) is 0 Å². The number of hydrogen-bond acceptors (Lipinski definition) is 1. The molecule has 0 aliphatic carbocycles. The van der Waals surface area contributed by atoms with Crippen molar-refractivity contribution in [1.82, 2.24) is 0 Å². The molecule has 1 unspecified atom stereocenters. The molecule has 0 heterocycles. The summed E-state index contributed by atoms with van der Waals surface area (Å²) in [5.41, 5.74) is 0. The Morgan fingerprint density at radius 3 is 2.30 bits per heavy atom. The summed E-state index contributed by atoms with van der Waals surface area (Å²) in [6.07, 6.45) is 5.09. The molecule has 1 heteroatoms. The third kappa shape index (κ3) is 3.54. The summed E-state index contributed by atoms with van der Waals surface area (Å²) < 4.78 is 4.84. The van der Waals surface area contributed by atoms with E-state index in [-0.39, 0.29) is 0 Å². The summed E-state index contributed by atoms with van der Waals surface area (Å²) in [6, 6.07) is 0. The third-order valence-electron chi connectivity index (χ3n) is 1.79. The van der Waals surface area contributed by atoms with Crippen LogP contribution in [0, 0.1) is 11.8 Å². The van der Waals surface area contributed by atoms with E-state index in [0.29, 0.717) is 5.92 Å². The highest BCUT2D eigenvalue weighted by Gasteiger charge is 2.05. The van der Waals surface area contributed by atoms with E-state index >= 15 is 0 Å². The lowest BCUT2D eigenvalue weighted by molar-refractivity contribution is 0.328. The highest BCUT2D eigenvalue weighted by Crippen LogP contribution is 2.15. The lowest BCUT2D eigenvalue weighted by Gasteiger charge is -2.13. The van der Waals surface area contributed by atoms with Crippen molar-refractivity contribution in [1.29, 1.82) is 0 Å². The van der Waals surface area contributed by atoms with Gasteiger partial charge in [0, 0.05) is 0 Å². The minimum absolute atomic E-state index is 0.667. The number of methoxy groups -OCH3 is 1. The topological polar surface area (TPSA) is 9.23 Å². The fraction of sp³-hybridized carbons (Fsp3) is 0.778. The van der Waals surface area contributed by atoms with E-state index in [9.17, 15) is 0 Å². The number of hydrogen-bond donors (Lipinski definition) is 0. The van der Waals surface area contributed by atoms with Crippen LogP contribution in [0.1, 0.15) is 27.2 Å². The van der Waals surface area contributed by atoms with Crippen LogP contribution in [0.25, 0.3) is 0 Å².